The van der Waals surface area contributed by atoms with Crippen molar-refractivity contribution in [2.24, 2.45) is 5.92 Å². The van der Waals surface area contributed by atoms with E-state index in [1.54, 1.807) is 0 Å². The van der Waals surface area contributed by atoms with Crippen molar-refractivity contribution in [2.75, 3.05) is 26.2 Å². The van der Waals surface area contributed by atoms with Crippen molar-refractivity contribution in [3.8, 4) is 5.75 Å². The van der Waals surface area contributed by atoms with E-state index in [2.05, 4.69) is 35.2 Å². The Hall–Kier alpha value is -2.92. The van der Waals surface area contributed by atoms with Crippen LogP contribution in [0.3, 0.4) is 0 Å². The normalized spacial score (nSPS) is 17.2. The molecule has 1 aromatic heterocycles. The molecule has 3 heterocycles. The first-order valence-electron chi connectivity index (χ1n) is 11.8. The highest BCUT2D eigenvalue weighted by Crippen LogP contribution is 2.36. The number of pyridine rings is 1. The Morgan fingerprint density at radius 1 is 1.03 bits per heavy atom. The smallest absolute Gasteiger partial charge is 0.259 e. The van der Waals surface area contributed by atoms with Crippen molar-refractivity contribution in [1.82, 2.24) is 14.8 Å². The highest BCUT2D eigenvalue weighted by molar-refractivity contribution is 6.05. The van der Waals surface area contributed by atoms with Gasteiger partial charge in [0.2, 0.25) is 0 Å². The largest absolute Gasteiger partial charge is 0.492 e. The number of amides is 1. The second-order valence-corrected chi connectivity index (χ2v) is 8.93. The number of nitrogens with zero attached hydrogens (tertiary/aromatic N) is 3. The van der Waals surface area contributed by atoms with Crippen LogP contribution in [0.5, 0.6) is 5.75 Å². The molecule has 0 N–H and O–H groups in total. The Morgan fingerprint density at radius 3 is 2.56 bits per heavy atom. The maximum atomic E-state index is 13.3. The van der Waals surface area contributed by atoms with Crippen LogP contribution >= 0.6 is 0 Å². The molecule has 0 radical (unpaired) electrons. The lowest BCUT2D eigenvalue weighted by Gasteiger charge is -2.32. The molecule has 2 aromatic carbocycles. The van der Waals surface area contributed by atoms with Crippen LogP contribution in [-0.2, 0) is 13.1 Å². The molecule has 0 unspecified atom stereocenters. The quantitative estimate of drug-likeness (QED) is 0.536. The molecule has 166 valence electrons. The SMILES string of the molecule is CCOc1c2c(nc3ccccc13)CN(CCC1CCN(Cc3ccccc3)CC1)C2=O. The van der Waals surface area contributed by atoms with Gasteiger partial charge in [0.15, 0.2) is 0 Å². The molecular weight excluding hydrogens is 398 g/mol. The molecule has 5 nitrogen and oxygen atoms in total. The zero-order valence-electron chi connectivity index (χ0n) is 18.8. The number of hydrogen-bond donors (Lipinski definition) is 0. The van der Waals surface area contributed by atoms with Crippen molar-refractivity contribution in [2.45, 2.75) is 39.3 Å². The van der Waals surface area contributed by atoms with Gasteiger partial charge in [-0.1, -0.05) is 42.5 Å². The number of hydrogen-bond acceptors (Lipinski definition) is 4. The molecule has 0 spiro atoms. The van der Waals surface area contributed by atoms with Crippen molar-refractivity contribution in [3.05, 3.63) is 71.4 Å². The molecule has 0 aliphatic carbocycles. The van der Waals surface area contributed by atoms with E-state index in [1.165, 1.54) is 18.4 Å². The molecule has 1 saturated heterocycles. The van der Waals surface area contributed by atoms with Gasteiger partial charge in [-0.15, -0.1) is 0 Å². The van der Waals surface area contributed by atoms with E-state index in [9.17, 15) is 4.79 Å². The lowest BCUT2D eigenvalue weighted by Crippen LogP contribution is -2.35. The summed E-state index contributed by atoms with van der Waals surface area (Å²) in [5.41, 5.74) is 3.81. The molecular formula is C27H31N3O2. The minimum absolute atomic E-state index is 0.0724. The van der Waals surface area contributed by atoms with E-state index in [1.807, 2.05) is 36.1 Å². The third-order valence-corrected chi connectivity index (χ3v) is 6.81. The summed E-state index contributed by atoms with van der Waals surface area (Å²) in [6, 6.07) is 18.7. The molecule has 5 rings (SSSR count). The van der Waals surface area contributed by atoms with Gasteiger partial charge >= 0.3 is 0 Å². The summed E-state index contributed by atoms with van der Waals surface area (Å²) >= 11 is 0. The number of benzene rings is 2. The average Bonchev–Trinajstić information content (AvgIpc) is 3.14. The molecule has 1 fully saturated rings. The van der Waals surface area contributed by atoms with E-state index in [0.29, 0.717) is 30.4 Å². The number of piperidine rings is 1. The van der Waals surface area contributed by atoms with Crippen molar-refractivity contribution in [3.63, 3.8) is 0 Å². The van der Waals surface area contributed by atoms with Crippen molar-refractivity contribution in [1.29, 1.82) is 0 Å². The van der Waals surface area contributed by atoms with Gasteiger partial charge in [0.1, 0.15) is 11.3 Å². The first kappa shape index (κ1) is 21.0. The molecule has 5 heteroatoms. The fourth-order valence-corrected chi connectivity index (χ4v) is 5.06. The third-order valence-electron chi connectivity index (χ3n) is 6.81. The van der Waals surface area contributed by atoms with Gasteiger partial charge in [-0.05, 0) is 62.9 Å². The maximum Gasteiger partial charge on any atom is 0.259 e. The highest BCUT2D eigenvalue weighted by Gasteiger charge is 2.34. The summed E-state index contributed by atoms with van der Waals surface area (Å²) in [5.74, 6) is 1.45. The Balaban J connectivity index is 1.20. The number of ether oxygens (including phenoxy) is 1. The molecule has 0 saturated carbocycles. The van der Waals surface area contributed by atoms with Gasteiger partial charge in [-0.2, -0.15) is 0 Å². The maximum absolute atomic E-state index is 13.3. The lowest BCUT2D eigenvalue weighted by atomic mass is 9.93. The van der Waals surface area contributed by atoms with Crippen molar-refractivity contribution >= 4 is 16.8 Å². The van der Waals surface area contributed by atoms with Crippen LogP contribution in [0.2, 0.25) is 0 Å². The minimum Gasteiger partial charge on any atom is -0.492 e. The van der Waals surface area contributed by atoms with Crippen LogP contribution in [0, 0.1) is 5.92 Å². The zero-order valence-corrected chi connectivity index (χ0v) is 18.8. The van der Waals surface area contributed by atoms with Crippen LogP contribution < -0.4 is 4.74 Å². The summed E-state index contributed by atoms with van der Waals surface area (Å²) in [6.45, 7) is 7.18. The van der Waals surface area contributed by atoms with Gasteiger partial charge in [0.25, 0.3) is 5.91 Å². The summed E-state index contributed by atoms with van der Waals surface area (Å²) < 4.78 is 5.94. The Bertz CT molecular complexity index is 1090. The molecule has 3 aromatic rings. The predicted octanol–water partition coefficient (Wildman–Crippen LogP) is 4.89. The number of para-hydroxylation sites is 1. The number of rotatable bonds is 7. The monoisotopic (exact) mass is 429 g/mol. The number of likely N-dealkylation sites (tertiary alicyclic amines) is 1. The second-order valence-electron chi connectivity index (χ2n) is 8.93. The Kier molecular flexibility index (Phi) is 6.08. The van der Waals surface area contributed by atoms with Crippen LogP contribution in [0.1, 0.15) is 47.8 Å². The Morgan fingerprint density at radius 2 is 1.78 bits per heavy atom. The fraction of sp³-hybridized carbons (Fsp3) is 0.407. The Labute approximate surface area is 190 Å². The summed E-state index contributed by atoms with van der Waals surface area (Å²) in [6.07, 6.45) is 3.46. The molecule has 2 aliphatic rings. The van der Waals surface area contributed by atoms with E-state index in [-0.39, 0.29) is 5.91 Å². The van der Waals surface area contributed by atoms with Gasteiger partial charge in [0, 0.05) is 18.5 Å². The average molecular weight is 430 g/mol. The molecule has 1 amide bonds. The molecule has 32 heavy (non-hydrogen) atoms. The lowest BCUT2D eigenvalue weighted by molar-refractivity contribution is 0.0754. The number of carbonyl (C=O) groups excluding carboxylic acids is 1. The predicted molar refractivity (Wildman–Crippen MR) is 127 cm³/mol. The van der Waals surface area contributed by atoms with E-state index in [4.69, 9.17) is 9.72 Å². The van der Waals surface area contributed by atoms with Crippen LogP contribution in [-0.4, -0.2) is 46.9 Å². The summed E-state index contributed by atoms with van der Waals surface area (Å²) in [5, 5.41) is 0.925. The number of fused-ring (bicyclic) bond motifs is 2. The zero-order chi connectivity index (χ0) is 21.9. The van der Waals surface area contributed by atoms with E-state index in [0.717, 1.165) is 49.2 Å². The van der Waals surface area contributed by atoms with E-state index >= 15 is 0 Å². The van der Waals surface area contributed by atoms with Gasteiger partial charge in [-0.25, -0.2) is 4.98 Å². The minimum atomic E-state index is 0.0724. The first-order valence-corrected chi connectivity index (χ1v) is 11.8. The first-order chi connectivity index (χ1) is 15.7. The summed E-state index contributed by atoms with van der Waals surface area (Å²) in [4.78, 5) is 22.6. The molecule has 2 aliphatic heterocycles. The molecule has 0 bridgehead atoms. The van der Waals surface area contributed by atoms with Gasteiger partial charge in [-0.3, -0.25) is 9.69 Å². The fourth-order valence-electron chi connectivity index (χ4n) is 5.06. The van der Waals surface area contributed by atoms with Crippen LogP contribution in [0.4, 0.5) is 0 Å². The van der Waals surface area contributed by atoms with Gasteiger partial charge in [0.05, 0.1) is 24.4 Å². The third kappa shape index (κ3) is 4.22. The standard InChI is InChI=1S/C27H31N3O2/c1-2-32-26-22-10-6-7-11-23(22)28-24-19-30(27(31)25(24)26)17-14-20-12-15-29(16-13-20)18-21-8-4-3-5-9-21/h3-11,20H,2,12-19H2,1H3. The van der Waals surface area contributed by atoms with Crippen LogP contribution in [0.15, 0.2) is 54.6 Å². The summed E-state index contributed by atoms with van der Waals surface area (Å²) in [7, 11) is 0. The van der Waals surface area contributed by atoms with Gasteiger partial charge < -0.3 is 9.64 Å². The van der Waals surface area contributed by atoms with Crippen LogP contribution in [0.25, 0.3) is 10.9 Å². The van der Waals surface area contributed by atoms with E-state index < -0.39 is 0 Å². The number of aromatic nitrogens is 1. The molecule has 0 atom stereocenters. The van der Waals surface area contributed by atoms with Crippen molar-refractivity contribution < 1.29 is 9.53 Å². The number of carbonyl (C=O) groups is 1. The second kappa shape index (κ2) is 9.29. The topological polar surface area (TPSA) is 45.7 Å². The highest BCUT2D eigenvalue weighted by atomic mass is 16.5.